The summed E-state index contributed by atoms with van der Waals surface area (Å²) in [4.78, 5) is 45.5. The SMILES string of the molecule is COc1cc(C(=O)C(=O)N2C(C(=O)NC(CCCc3ccccc3)CCCc3ccccc3)Cc3ccccc3C2Cc2ccccc2)cc(OC)c1OC. The topological polar surface area (TPSA) is 94.2 Å². The van der Waals surface area contributed by atoms with Crippen LogP contribution in [0.2, 0.25) is 0 Å². The molecule has 284 valence electrons. The largest absolute Gasteiger partial charge is 0.493 e. The Morgan fingerprint density at radius 3 is 1.71 bits per heavy atom. The van der Waals surface area contributed by atoms with E-state index in [1.54, 1.807) is 0 Å². The first-order valence-electron chi connectivity index (χ1n) is 19.1. The molecule has 2 amide bonds. The molecule has 0 aliphatic carbocycles. The van der Waals surface area contributed by atoms with Crippen LogP contribution in [0.5, 0.6) is 17.2 Å². The minimum Gasteiger partial charge on any atom is -0.493 e. The second-order valence-corrected chi connectivity index (χ2v) is 14.0. The summed E-state index contributed by atoms with van der Waals surface area (Å²) in [6, 6.07) is 39.9. The van der Waals surface area contributed by atoms with Gasteiger partial charge in [0.15, 0.2) is 11.5 Å². The number of amides is 2. The molecule has 1 aliphatic heterocycles. The van der Waals surface area contributed by atoms with Gasteiger partial charge in [0.25, 0.3) is 11.7 Å². The molecule has 1 N–H and O–H groups in total. The van der Waals surface area contributed by atoms with E-state index in [1.165, 1.54) is 49.5 Å². The average molecular weight is 739 g/mol. The number of hydrogen-bond acceptors (Lipinski definition) is 6. The lowest BCUT2D eigenvalue weighted by molar-refractivity contribution is -0.141. The van der Waals surface area contributed by atoms with Crippen LogP contribution >= 0.6 is 0 Å². The van der Waals surface area contributed by atoms with E-state index in [1.807, 2.05) is 91.0 Å². The highest BCUT2D eigenvalue weighted by Gasteiger charge is 2.43. The van der Waals surface area contributed by atoms with Crippen molar-refractivity contribution in [2.24, 2.45) is 0 Å². The van der Waals surface area contributed by atoms with Gasteiger partial charge in [-0.1, -0.05) is 115 Å². The Morgan fingerprint density at radius 1 is 0.673 bits per heavy atom. The number of fused-ring (bicyclic) bond motifs is 1. The lowest BCUT2D eigenvalue weighted by Crippen LogP contribution is -2.57. The number of carbonyl (C=O) groups is 3. The number of hydrogen-bond donors (Lipinski definition) is 1. The molecule has 8 nitrogen and oxygen atoms in total. The summed E-state index contributed by atoms with van der Waals surface area (Å²) in [5, 5.41) is 3.39. The number of aryl methyl sites for hydroxylation is 2. The van der Waals surface area contributed by atoms with E-state index >= 15 is 0 Å². The van der Waals surface area contributed by atoms with Gasteiger partial charge in [-0.3, -0.25) is 14.4 Å². The number of Topliss-reactive ketones (excluding diaryl/α,β-unsaturated/α-hetero) is 1. The van der Waals surface area contributed by atoms with E-state index in [9.17, 15) is 14.4 Å². The number of nitrogens with one attached hydrogen (secondary N) is 1. The second-order valence-electron chi connectivity index (χ2n) is 14.0. The number of methoxy groups -OCH3 is 3. The van der Waals surface area contributed by atoms with Crippen molar-refractivity contribution < 1.29 is 28.6 Å². The van der Waals surface area contributed by atoms with Crippen molar-refractivity contribution in [3.05, 3.63) is 161 Å². The number of rotatable bonds is 17. The molecular weight excluding hydrogens is 689 g/mol. The van der Waals surface area contributed by atoms with E-state index in [-0.39, 0.29) is 35.4 Å². The fourth-order valence-electron chi connectivity index (χ4n) is 7.70. The first-order chi connectivity index (χ1) is 26.9. The van der Waals surface area contributed by atoms with Crippen LogP contribution in [0.25, 0.3) is 0 Å². The maximum atomic E-state index is 14.8. The molecule has 0 radical (unpaired) electrons. The molecule has 0 saturated heterocycles. The standard InChI is InChI=1S/C47H50N2O6/c1-53-42-31-37(32-43(54-2)45(42)55-3)44(50)47(52)49-40(29-35-21-11-6-12-22-35)39-28-14-13-25-36(39)30-41(49)46(51)48-38(26-15-23-33-17-7-4-8-18-33)27-16-24-34-19-9-5-10-20-34/h4-14,17-22,25,28,31-32,38,40-41H,15-16,23-24,26-27,29-30H2,1-3H3,(H,48,51). The van der Waals surface area contributed by atoms with Crippen LogP contribution in [0.4, 0.5) is 0 Å². The maximum Gasteiger partial charge on any atom is 0.296 e. The van der Waals surface area contributed by atoms with Crippen LogP contribution in [0.15, 0.2) is 127 Å². The van der Waals surface area contributed by atoms with Crippen molar-refractivity contribution in [3.63, 3.8) is 0 Å². The minimum atomic E-state index is -0.923. The molecule has 2 atom stereocenters. The summed E-state index contributed by atoms with van der Waals surface area (Å²) in [6.07, 6.45) is 5.86. The van der Waals surface area contributed by atoms with Gasteiger partial charge in [-0.15, -0.1) is 0 Å². The van der Waals surface area contributed by atoms with Crippen LogP contribution in [0.1, 0.15) is 69.9 Å². The van der Waals surface area contributed by atoms with Crippen LogP contribution < -0.4 is 19.5 Å². The predicted octanol–water partition coefficient (Wildman–Crippen LogP) is 8.16. The Balaban J connectivity index is 1.33. The van der Waals surface area contributed by atoms with Gasteiger partial charge < -0.3 is 24.4 Å². The van der Waals surface area contributed by atoms with Gasteiger partial charge in [-0.05, 0) is 84.9 Å². The summed E-state index contributed by atoms with van der Waals surface area (Å²) >= 11 is 0. The Hall–Kier alpha value is -5.89. The van der Waals surface area contributed by atoms with Crippen molar-refractivity contribution in [2.45, 2.75) is 69.5 Å². The third-order valence-electron chi connectivity index (χ3n) is 10.5. The number of ketones is 1. The zero-order valence-electron chi connectivity index (χ0n) is 31.9. The molecule has 0 aromatic heterocycles. The van der Waals surface area contributed by atoms with E-state index in [0.717, 1.165) is 55.2 Å². The summed E-state index contributed by atoms with van der Waals surface area (Å²) in [6.45, 7) is 0. The normalized spacial score (nSPS) is 14.9. The molecule has 6 rings (SSSR count). The monoisotopic (exact) mass is 738 g/mol. The highest BCUT2D eigenvalue weighted by Crippen LogP contribution is 2.40. The summed E-state index contributed by atoms with van der Waals surface area (Å²) in [5.41, 5.74) is 5.48. The molecular formula is C47H50N2O6. The highest BCUT2D eigenvalue weighted by atomic mass is 16.5. The molecule has 1 heterocycles. The second kappa shape index (κ2) is 18.9. The first-order valence-corrected chi connectivity index (χ1v) is 19.1. The molecule has 8 heteroatoms. The van der Waals surface area contributed by atoms with Crippen molar-refractivity contribution in [3.8, 4) is 17.2 Å². The quantitative estimate of drug-likeness (QED) is 0.0765. The molecule has 55 heavy (non-hydrogen) atoms. The molecule has 0 fully saturated rings. The van der Waals surface area contributed by atoms with Crippen molar-refractivity contribution in [1.29, 1.82) is 0 Å². The fourth-order valence-corrected chi connectivity index (χ4v) is 7.70. The number of carbonyl (C=O) groups excluding carboxylic acids is 3. The van der Waals surface area contributed by atoms with Gasteiger partial charge >= 0.3 is 0 Å². The minimum absolute atomic E-state index is 0.0793. The van der Waals surface area contributed by atoms with E-state index in [4.69, 9.17) is 14.2 Å². The zero-order chi connectivity index (χ0) is 38.6. The Bertz CT molecular complexity index is 1960. The van der Waals surface area contributed by atoms with E-state index < -0.39 is 23.8 Å². The number of nitrogens with zero attached hydrogens (tertiary/aromatic N) is 1. The van der Waals surface area contributed by atoms with Crippen LogP contribution in [-0.4, -0.2) is 55.9 Å². The third kappa shape index (κ3) is 9.62. The van der Waals surface area contributed by atoms with Crippen molar-refractivity contribution in [2.75, 3.05) is 21.3 Å². The Kier molecular flexibility index (Phi) is 13.4. The molecule has 2 unspecified atom stereocenters. The zero-order valence-corrected chi connectivity index (χ0v) is 31.9. The maximum absolute atomic E-state index is 14.8. The number of ether oxygens (including phenoxy) is 3. The lowest BCUT2D eigenvalue weighted by atomic mass is 9.84. The summed E-state index contributed by atoms with van der Waals surface area (Å²) in [7, 11) is 4.40. The smallest absolute Gasteiger partial charge is 0.296 e. The molecule has 5 aromatic rings. The third-order valence-corrected chi connectivity index (χ3v) is 10.5. The lowest BCUT2D eigenvalue weighted by Gasteiger charge is -2.43. The Morgan fingerprint density at radius 2 is 1.18 bits per heavy atom. The Labute approximate surface area is 324 Å². The van der Waals surface area contributed by atoms with Crippen LogP contribution in [-0.2, 0) is 35.3 Å². The summed E-state index contributed by atoms with van der Waals surface area (Å²) < 4.78 is 16.5. The van der Waals surface area contributed by atoms with Crippen molar-refractivity contribution >= 4 is 17.6 Å². The molecule has 0 spiro atoms. The molecule has 0 bridgehead atoms. The van der Waals surface area contributed by atoms with Gasteiger partial charge in [-0.25, -0.2) is 0 Å². The number of benzene rings is 5. The van der Waals surface area contributed by atoms with Gasteiger partial charge in [0.1, 0.15) is 6.04 Å². The van der Waals surface area contributed by atoms with Gasteiger partial charge in [0, 0.05) is 18.0 Å². The van der Waals surface area contributed by atoms with Gasteiger partial charge in [0.05, 0.1) is 27.4 Å². The van der Waals surface area contributed by atoms with Crippen LogP contribution in [0.3, 0.4) is 0 Å². The molecule has 1 aliphatic rings. The fraction of sp³-hybridized carbons (Fsp3) is 0.298. The van der Waals surface area contributed by atoms with Crippen molar-refractivity contribution in [1.82, 2.24) is 10.2 Å². The van der Waals surface area contributed by atoms with Crippen LogP contribution in [0, 0.1) is 0 Å². The molecule has 0 saturated carbocycles. The average Bonchev–Trinajstić information content (AvgIpc) is 3.23. The first kappa shape index (κ1) is 38.8. The summed E-state index contributed by atoms with van der Waals surface area (Å²) in [5.74, 6) is -0.975. The predicted molar refractivity (Wildman–Crippen MR) is 215 cm³/mol. The highest BCUT2D eigenvalue weighted by molar-refractivity contribution is 6.43. The van der Waals surface area contributed by atoms with Gasteiger partial charge in [0.2, 0.25) is 11.7 Å². The van der Waals surface area contributed by atoms with E-state index in [0.29, 0.717) is 12.2 Å². The van der Waals surface area contributed by atoms with E-state index in [2.05, 4.69) is 29.6 Å². The molecule has 5 aromatic carbocycles. The van der Waals surface area contributed by atoms with Gasteiger partial charge in [-0.2, -0.15) is 0 Å².